The highest BCUT2D eigenvalue weighted by molar-refractivity contribution is 7.25. The first-order chi connectivity index (χ1) is 7.38. The summed E-state index contributed by atoms with van der Waals surface area (Å²) in [4.78, 5) is 0. The summed E-state index contributed by atoms with van der Waals surface area (Å²) in [6, 6.07) is 15.0. The second-order valence-corrected chi connectivity index (χ2v) is 4.91. The minimum absolute atomic E-state index is 0.587. The van der Waals surface area contributed by atoms with E-state index in [2.05, 4.69) is 42.5 Å². The number of fused-ring (bicyclic) bond motifs is 3. The van der Waals surface area contributed by atoms with Crippen LogP contribution < -0.4 is 0 Å². The minimum atomic E-state index is 0.587. The Hall–Kier alpha value is -1.05. The highest BCUT2D eigenvalue weighted by atomic mass is 35.5. The lowest BCUT2D eigenvalue weighted by Gasteiger charge is -1.94. The molecule has 0 aliphatic heterocycles. The summed E-state index contributed by atoms with van der Waals surface area (Å²) in [5, 5.41) is 2.68. The molecule has 0 aliphatic rings. The molecule has 0 spiro atoms. The lowest BCUT2D eigenvalue weighted by atomic mass is 10.1. The first kappa shape index (κ1) is 9.20. The van der Waals surface area contributed by atoms with Crippen LogP contribution in [0.4, 0.5) is 0 Å². The molecule has 0 N–H and O–H groups in total. The van der Waals surface area contributed by atoms with Gasteiger partial charge in [0.2, 0.25) is 0 Å². The van der Waals surface area contributed by atoms with Gasteiger partial charge >= 0.3 is 0 Å². The molecule has 0 amide bonds. The zero-order chi connectivity index (χ0) is 10.3. The molecule has 3 rings (SSSR count). The van der Waals surface area contributed by atoms with E-state index in [9.17, 15) is 0 Å². The predicted molar refractivity (Wildman–Crippen MR) is 68.9 cm³/mol. The van der Waals surface area contributed by atoms with Crippen LogP contribution >= 0.6 is 22.9 Å². The van der Waals surface area contributed by atoms with Crippen molar-refractivity contribution in [3.63, 3.8) is 0 Å². The molecule has 1 aromatic heterocycles. The number of halogens is 1. The molecule has 0 saturated heterocycles. The average Bonchev–Trinajstić information content (AvgIpc) is 2.66. The third-order valence-corrected chi connectivity index (χ3v) is 4.04. The van der Waals surface area contributed by atoms with Crippen LogP contribution in [-0.2, 0) is 5.88 Å². The summed E-state index contributed by atoms with van der Waals surface area (Å²) in [7, 11) is 0. The molecule has 2 aromatic carbocycles. The van der Waals surface area contributed by atoms with Crippen molar-refractivity contribution in [2.75, 3.05) is 0 Å². The molecule has 2 heteroatoms. The SMILES string of the molecule is ClCc1ccc2c(c1)sc1ccccc12. The standard InChI is InChI=1S/C13H9ClS/c14-8-9-5-6-11-10-3-1-2-4-12(10)15-13(11)7-9/h1-7H,8H2. The molecule has 0 nitrogen and oxygen atoms in total. The summed E-state index contributed by atoms with van der Waals surface area (Å²) in [6.07, 6.45) is 0. The maximum atomic E-state index is 5.83. The first-order valence-corrected chi connectivity index (χ1v) is 6.20. The number of hydrogen-bond donors (Lipinski definition) is 0. The first-order valence-electron chi connectivity index (χ1n) is 4.84. The van der Waals surface area contributed by atoms with E-state index in [0.29, 0.717) is 5.88 Å². The van der Waals surface area contributed by atoms with Crippen molar-refractivity contribution >= 4 is 43.1 Å². The molecule has 74 valence electrons. The highest BCUT2D eigenvalue weighted by Gasteiger charge is 2.04. The Labute approximate surface area is 97.1 Å². The molecular weight excluding hydrogens is 224 g/mol. The van der Waals surface area contributed by atoms with Crippen molar-refractivity contribution in [2.45, 2.75) is 5.88 Å². The molecule has 0 bridgehead atoms. The van der Waals surface area contributed by atoms with E-state index >= 15 is 0 Å². The molecule has 0 atom stereocenters. The van der Waals surface area contributed by atoms with E-state index in [1.807, 2.05) is 11.3 Å². The number of alkyl halides is 1. The van der Waals surface area contributed by atoms with Crippen molar-refractivity contribution in [1.82, 2.24) is 0 Å². The Bertz CT molecular complexity index is 625. The Balaban J connectivity index is 2.43. The minimum Gasteiger partial charge on any atom is -0.135 e. The Morgan fingerprint density at radius 1 is 0.933 bits per heavy atom. The van der Waals surface area contributed by atoms with Gasteiger partial charge in [0, 0.05) is 26.1 Å². The average molecular weight is 233 g/mol. The third kappa shape index (κ3) is 1.43. The molecular formula is C13H9ClS. The molecule has 0 unspecified atom stereocenters. The second-order valence-electron chi connectivity index (χ2n) is 3.56. The monoisotopic (exact) mass is 232 g/mol. The van der Waals surface area contributed by atoms with Crippen molar-refractivity contribution < 1.29 is 0 Å². The van der Waals surface area contributed by atoms with E-state index in [-0.39, 0.29) is 0 Å². The van der Waals surface area contributed by atoms with Crippen molar-refractivity contribution in [3.05, 3.63) is 48.0 Å². The van der Waals surface area contributed by atoms with Crippen molar-refractivity contribution in [2.24, 2.45) is 0 Å². The van der Waals surface area contributed by atoms with Gasteiger partial charge in [0.15, 0.2) is 0 Å². The maximum Gasteiger partial charge on any atom is 0.0474 e. The second kappa shape index (κ2) is 3.51. The molecule has 15 heavy (non-hydrogen) atoms. The fraction of sp³-hybridized carbons (Fsp3) is 0.0769. The van der Waals surface area contributed by atoms with Gasteiger partial charge in [0.05, 0.1) is 0 Å². The number of hydrogen-bond acceptors (Lipinski definition) is 1. The predicted octanol–water partition coefficient (Wildman–Crippen LogP) is 4.79. The van der Waals surface area contributed by atoms with Gasteiger partial charge in [-0.2, -0.15) is 0 Å². The summed E-state index contributed by atoms with van der Waals surface area (Å²) in [5.74, 6) is 0.587. The van der Waals surface area contributed by atoms with Gasteiger partial charge in [0.1, 0.15) is 0 Å². The van der Waals surface area contributed by atoms with Gasteiger partial charge in [-0.05, 0) is 17.7 Å². The van der Waals surface area contributed by atoms with Crippen LogP contribution in [0.25, 0.3) is 20.2 Å². The van der Waals surface area contributed by atoms with Gasteiger partial charge in [0.25, 0.3) is 0 Å². The maximum absolute atomic E-state index is 5.83. The van der Waals surface area contributed by atoms with Gasteiger partial charge in [-0.1, -0.05) is 30.3 Å². The van der Waals surface area contributed by atoms with Crippen LogP contribution in [0, 0.1) is 0 Å². The van der Waals surface area contributed by atoms with Crippen LogP contribution in [0.2, 0.25) is 0 Å². The van der Waals surface area contributed by atoms with Gasteiger partial charge in [-0.3, -0.25) is 0 Å². The smallest absolute Gasteiger partial charge is 0.0474 e. The topological polar surface area (TPSA) is 0 Å². The fourth-order valence-corrected chi connectivity index (χ4v) is 3.19. The van der Waals surface area contributed by atoms with E-state index < -0.39 is 0 Å². The lowest BCUT2D eigenvalue weighted by molar-refractivity contribution is 1.43. The van der Waals surface area contributed by atoms with Gasteiger partial charge < -0.3 is 0 Å². The van der Waals surface area contributed by atoms with Crippen LogP contribution in [0.1, 0.15) is 5.56 Å². The molecule has 0 fully saturated rings. The number of benzene rings is 2. The normalized spacial score (nSPS) is 11.3. The van der Waals surface area contributed by atoms with E-state index in [1.54, 1.807) is 0 Å². The molecule has 0 saturated carbocycles. The summed E-state index contributed by atoms with van der Waals surface area (Å²) < 4.78 is 2.67. The zero-order valence-electron chi connectivity index (χ0n) is 8.03. The molecule has 3 aromatic rings. The molecule has 1 heterocycles. The zero-order valence-corrected chi connectivity index (χ0v) is 9.61. The highest BCUT2D eigenvalue weighted by Crippen LogP contribution is 2.34. The molecule has 0 aliphatic carbocycles. The number of rotatable bonds is 1. The van der Waals surface area contributed by atoms with Crippen LogP contribution in [0.15, 0.2) is 42.5 Å². The summed E-state index contributed by atoms with van der Waals surface area (Å²) in [6.45, 7) is 0. The largest absolute Gasteiger partial charge is 0.135 e. The Morgan fingerprint density at radius 3 is 2.60 bits per heavy atom. The fourth-order valence-electron chi connectivity index (χ4n) is 1.85. The van der Waals surface area contributed by atoms with E-state index in [1.165, 1.54) is 25.7 Å². The van der Waals surface area contributed by atoms with Crippen LogP contribution in [0.5, 0.6) is 0 Å². The number of thiophene rings is 1. The van der Waals surface area contributed by atoms with Gasteiger partial charge in [-0.15, -0.1) is 22.9 Å². The summed E-state index contributed by atoms with van der Waals surface area (Å²) in [5.41, 5.74) is 1.19. The molecule has 0 radical (unpaired) electrons. The summed E-state index contributed by atoms with van der Waals surface area (Å²) >= 11 is 7.66. The van der Waals surface area contributed by atoms with Crippen molar-refractivity contribution in [1.29, 1.82) is 0 Å². The van der Waals surface area contributed by atoms with Crippen LogP contribution in [-0.4, -0.2) is 0 Å². The quantitative estimate of drug-likeness (QED) is 0.529. The van der Waals surface area contributed by atoms with E-state index in [4.69, 9.17) is 11.6 Å². The van der Waals surface area contributed by atoms with E-state index in [0.717, 1.165) is 0 Å². The lowest BCUT2D eigenvalue weighted by Crippen LogP contribution is -1.74. The third-order valence-electron chi connectivity index (χ3n) is 2.60. The Morgan fingerprint density at radius 2 is 1.73 bits per heavy atom. The van der Waals surface area contributed by atoms with Crippen molar-refractivity contribution in [3.8, 4) is 0 Å². The van der Waals surface area contributed by atoms with Crippen LogP contribution in [0.3, 0.4) is 0 Å². The Kier molecular flexibility index (Phi) is 2.15. The van der Waals surface area contributed by atoms with Gasteiger partial charge in [-0.25, -0.2) is 0 Å².